The molecule has 4 heteroatoms. The first-order valence-corrected chi connectivity index (χ1v) is 6.08. The van der Waals surface area contributed by atoms with E-state index in [1.807, 2.05) is 32.0 Å². The maximum Gasteiger partial charge on any atom is 0.221 e. The molecule has 0 radical (unpaired) electrons. The normalized spacial score (nSPS) is 10.6. The second-order valence-electron chi connectivity index (χ2n) is 4.96. The fourth-order valence-corrected chi connectivity index (χ4v) is 1.74. The highest BCUT2D eigenvalue weighted by Gasteiger charge is 2.19. The number of halogens is 1. The Balaban J connectivity index is 0.00000289. The van der Waals surface area contributed by atoms with E-state index in [2.05, 4.69) is 17.4 Å². The van der Waals surface area contributed by atoms with Crippen LogP contribution in [0.15, 0.2) is 30.3 Å². The maximum absolute atomic E-state index is 11.5. The molecule has 1 rings (SSSR count). The first-order chi connectivity index (χ1) is 8.03. The van der Waals surface area contributed by atoms with Crippen LogP contribution in [0.5, 0.6) is 0 Å². The summed E-state index contributed by atoms with van der Waals surface area (Å²) in [5.41, 5.74) is 6.47. The van der Waals surface area contributed by atoms with Crippen molar-refractivity contribution < 1.29 is 4.79 Å². The van der Waals surface area contributed by atoms with E-state index in [1.165, 1.54) is 5.56 Å². The van der Waals surface area contributed by atoms with Gasteiger partial charge in [0.15, 0.2) is 0 Å². The van der Waals surface area contributed by atoms with Gasteiger partial charge in [-0.15, -0.1) is 12.4 Å². The molecule has 0 fully saturated rings. The number of nitrogens with two attached hydrogens (primary N) is 1. The minimum absolute atomic E-state index is 0. The minimum atomic E-state index is -0.178. The molecular formula is C14H23ClN2O. The van der Waals surface area contributed by atoms with E-state index in [9.17, 15) is 4.79 Å². The Morgan fingerprint density at radius 2 is 1.89 bits per heavy atom. The molecule has 0 aromatic heterocycles. The van der Waals surface area contributed by atoms with Crippen molar-refractivity contribution in [1.82, 2.24) is 5.32 Å². The number of aryl methyl sites for hydroxylation is 1. The molecule has 1 aromatic carbocycles. The molecule has 0 heterocycles. The van der Waals surface area contributed by atoms with Gasteiger partial charge in [0.05, 0.1) is 0 Å². The molecule has 0 atom stereocenters. The molecule has 0 saturated carbocycles. The van der Waals surface area contributed by atoms with Gasteiger partial charge in [0.2, 0.25) is 5.91 Å². The highest BCUT2D eigenvalue weighted by molar-refractivity contribution is 5.85. The van der Waals surface area contributed by atoms with Gasteiger partial charge in [0.25, 0.3) is 0 Å². The zero-order valence-electron chi connectivity index (χ0n) is 11.1. The van der Waals surface area contributed by atoms with Gasteiger partial charge in [-0.05, 0) is 32.3 Å². The lowest BCUT2D eigenvalue weighted by atomic mass is 9.95. The van der Waals surface area contributed by atoms with E-state index in [0.717, 1.165) is 12.8 Å². The molecular weight excluding hydrogens is 248 g/mol. The molecule has 0 saturated heterocycles. The topological polar surface area (TPSA) is 55.1 Å². The van der Waals surface area contributed by atoms with Crippen LogP contribution >= 0.6 is 12.4 Å². The summed E-state index contributed by atoms with van der Waals surface area (Å²) in [6, 6.07) is 10.3. The molecule has 1 amide bonds. The van der Waals surface area contributed by atoms with Gasteiger partial charge in [-0.1, -0.05) is 30.3 Å². The van der Waals surface area contributed by atoms with Crippen molar-refractivity contribution >= 4 is 18.3 Å². The number of carbonyl (C=O) groups excluding carboxylic acids is 1. The van der Waals surface area contributed by atoms with Gasteiger partial charge >= 0.3 is 0 Å². The zero-order valence-corrected chi connectivity index (χ0v) is 11.9. The fraction of sp³-hybridized carbons (Fsp3) is 0.500. The Morgan fingerprint density at radius 3 is 2.44 bits per heavy atom. The first kappa shape index (κ1) is 16.9. The van der Waals surface area contributed by atoms with Crippen molar-refractivity contribution in [2.75, 3.05) is 6.54 Å². The van der Waals surface area contributed by atoms with Gasteiger partial charge in [0, 0.05) is 18.5 Å². The summed E-state index contributed by atoms with van der Waals surface area (Å²) in [6.07, 6.45) is 2.29. The third-order valence-electron chi connectivity index (χ3n) is 2.73. The SMILES string of the molecule is CC(C)(CCc1ccccc1)NC(=O)CCN.Cl. The van der Waals surface area contributed by atoms with Gasteiger partial charge in [0.1, 0.15) is 0 Å². The summed E-state index contributed by atoms with van der Waals surface area (Å²) >= 11 is 0. The number of rotatable bonds is 6. The van der Waals surface area contributed by atoms with E-state index in [-0.39, 0.29) is 23.9 Å². The monoisotopic (exact) mass is 270 g/mol. The quantitative estimate of drug-likeness (QED) is 0.833. The molecule has 3 N–H and O–H groups in total. The third kappa shape index (κ3) is 6.62. The predicted octanol–water partition coefficient (Wildman–Crippen LogP) is 2.28. The molecule has 1 aromatic rings. The zero-order chi connectivity index (χ0) is 12.7. The lowest BCUT2D eigenvalue weighted by Gasteiger charge is -2.26. The van der Waals surface area contributed by atoms with Crippen LogP contribution in [-0.4, -0.2) is 18.0 Å². The van der Waals surface area contributed by atoms with Crippen LogP contribution in [0.1, 0.15) is 32.3 Å². The summed E-state index contributed by atoms with van der Waals surface area (Å²) in [6.45, 7) is 4.50. The second kappa shape index (κ2) is 8.11. The molecule has 0 spiro atoms. The summed E-state index contributed by atoms with van der Waals surface area (Å²) in [5.74, 6) is 0.0329. The Hall–Kier alpha value is -1.06. The number of hydrogen-bond donors (Lipinski definition) is 2. The highest BCUT2D eigenvalue weighted by Crippen LogP contribution is 2.13. The maximum atomic E-state index is 11.5. The Bertz CT molecular complexity index is 352. The van der Waals surface area contributed by atoms with Crippen LogP contribution in [-0.2, 0) is 11.2 Å². The average Bonchev–Trinajstić information content (AvgIpc) is 2.27. The number of carbonyl (C=O) groups is 1. The van der Waals surface area contributed by atoms with Crippen LogP contribution < -0.4 is 11.1 Å². The van der Waals surface area contributed by atoms with Crippen LogP contribution in [0.25, 0.3) is 0 Å². The van der Waals surface area contributed by atoms with Crippen LogP contribution in [0.4, 0.5) is 0 Å². The Morgan fingerprint density at radius 1 is 1.28 bits per heavy atom. The molecule has 102 valence electrons. The molecule has 0 bridgehead atoms. The van der Waals surface area contributed by atoms with Crippen LogP contribution in [0, 0.1) is 0 Å². The minimum Gasteiger partial charge on any atom is -0.351 e. The van der Waals surface area contributed by atoms with Gasteiger partial charge in [-0.3, -0.25) is 4.79 Å². The molecule has 0 aliphatic rings. The Labute approximate surface area is 116 Å². The summed E-state index contributed by atoms with van der Waals surface area (Å²) < 4.78 is 0. The van der Waals surface area contributed by atoms with Crippen molar-refractivity contribution in [2.24, 2.45) is 5.73 Å². The van der Waals surface area contributed by atoms with Crippen molar-refractivity contribution in [3.63, 3.8) is 0 Å². The molecule has 0 aliphatic heterocycles. The third-order valence-corrected chi connectivity index (χ3v) is 2.73. The van der Waals surface area contributed by atoms with E-state index in [0.29, 0.717) is 13.0 Å². The van der Waals surface area contributed by atoms with Crippen molar-refractivity contribution in [3.8, 4) is 0 Å². The van der Waals surface area contributed by atoms with Gasteiger partial charge in [-0.2, -0.15) is 0 Å². The van der Waals surface area contributed by atoms with E-state index < -0.39 is 0 Å². The van der Waals surface area contributed by atoms with E-state index in [4.69, 9.17) is 5.73 Å². The first-order valence-electron chi connectivity index (χ1n) is 6.08. The number of amides is 1. The smallest absolute Gasteiger partial charge is 0.221 e. The van der Waals surface area contributed by atoms with Crippen molar-refractivity contribution in [2.45, 2.75) is 38.6 Å². The predicted molar refractivity (Wildman–Crippen MR) is 77.9 cm³/mol. The summed E-state index contributed by atoms with van der Waals surface area (Å²) in [4.78, 5) is 11.5. The number of benzene rings is 1. The van der Waals surface area contributed by atoms with Crippen LogP contribution in [0.2, 0.25) is 0 Å². The standard InChI is InChI=1S/C14H22N2O.ClH/c1-14(2,16-13(17)9-11-15)10-8-12-6-4-3-5-7-12;/h3-7H,8-11,15H2,1-2H3,(H,16,17);1H. The van der Waals surface area contributed by atoms with Gasteiger partial charge < -0.3 is 11.1 Å². The molecule has 3 nitrogen and oxygen atoms in total. The second-order valence-corrected chi connectivity index (χ2v) is 4.96. The molecule has 18 heavy (non-hydrogen) atoms. The molecule has 0 aliphatic carbocycles. The number of nitrogens with one attached hydrogen (secondary N) is 1. The largest absolute Gasteiger partial charge is 0.351 e. The van der Waals surface area contributed by atoms with E-state index in [1.54, 1.807) is 0 Å². The lowest BCUT2D eigenvalue weighted by molar-refractivity contribution is -0.122. The van der Waals surface area contributed by atoms with Crippen LogP contribution in [0.3, 0.4) is 0 Å². The molecule has 0 unspecified atom stereocenters. The summed E-state index contributed by atoms with van der Waals surface area (Å²) in [5, 5.41) is 3.01. The lowest BCUT2D eigenvalue weighted by Crippen LogP contribution is -2.44. The van der Waals surface area contributed by atoms with Crippen molar-refractivity contribution in [1.29, 1.82) is 0 Å². The number of hydrogen-bond acceptors (Lipinski definition) is 2. The van der Waals surface area contributed by atoms with Crippen molar-refractivity contribution in [3.05, 3.63) is 35.9 Å². The van der Waals surface area contributed by atoms with E-state index >= 15 is 0 Å². The fourth-order valence-electron chi connectivity index (χ4n) is 1.74. The Kier molecular flexibility index (Phi) is 7.64. The average molecular weight is 271 g/mol. The van der Waals surface area contributed by atoms with Gasteiger partial charge in [-0.25, -0.2) is 0 Å². The highest BCUT2D eigenvalue weighted by atomic mass is 35.5. The summed E-state index contributed by atoms with van der Waals surface area (Å²) in [7, 11) is 0.